The largest absolute Gasteiger partial charge is 0.357 e. The summed E-state index contributed by atoms with van der Waals surface area (Å²) < 4.78 is 1.79. The summed E-state index contributed by atoms with van der Waals surface area (Å²) in [4.78, 5) is 19.7. The fraction of sp³-hybridized carbons (Fsp3) is 0.500. The van der Waals surface area contributed by atoms with Gasteiger partial charge in [0.25, 0.3) is 5.91 Å². The molecule has 1 aliphatic heterocycles. The molecule has 7 nitrogen and oxygen atoms in total. The molecule has 0 saturated carbocycles. The Morgan fingerprint density at radius 3 is 2.64 bits per heavy atom. The normalized spacial score (nSPS) is 16.4. The Kier molecular flexibility index (Phi) is 5.33. The quantitative estimate of drug-likeness (QED) is 0.838. The predicted molar refractivity (Wildman–Crippen MR) is 98.7 cm³/mol. The number of hydrogen-bond donors (Lipinski definition) is 2. The number of nitrogens with zero attached hydrogens (tertiary/aromatic N) is 4. The molecule has 2 aromatic rings. The lowest BCUT2D eigenvalue weighted by Crippen LogP contribution is -2.52. The SMILES string of the molecule is CCN(CC)c1ccc(NC(=O)C2(n3cccn3)CCNCC2)cn1. The van der Waals surface area contributed by atoms with Crippen molar-refractivity contribution in [3.8, 4) is 0 Å². The number of amides is 1. The smallest absolute Gasteiger partial charge is 0.252 e. The summed E-state index contributed by atoms with van der Waals surface area (Å²) in [6, 6.07) is 5.72. The number of pyridine rings is 1. The summed E-state index contributed by atoms with van der Waals surface area (Å²) in [6.45, 7) is 7.62. The molecule has 1 saturated heterocycles. The average Bonchev–Trinajstić information content (AvgIpc) is 3.20. The van der Waals surface area contributed by atoms with Gasteiger partial charge in [0.15, 0.2) is 0 Å². The van der Waals surface area contributed by atoms with Crippen molar-refractivity contribution in [2.24, 2.45) is 0 Å². The van der Waals surface area contributed by atoms with Crippen LogP contribution in [0.3, 0.4) is 0 Å². The van der Waals surface area contributed by atoms with Crippen molar-refractivity contribution in [1.82, 2.24) is 20.1 Å². The average molecular weight is 342 g/mol. The second kappa shape index (κ2) is 7.65. The van der Waals surface area contributed by atoms with E-state index >= 15 is 0 Å². The highest BCUT2D eigenvalue weighted by atomic mass is 16.2. The van der Waals surface area contributed by atoms with Crippen LogP contribution in [0.25, 0.3) is 0 Å². The summed E-state index contributed by atoms with van der Waals surface area (Å²) in [5.41, 5.74) is 0.0673. The monoisotopic (exact) mass is 342 g/mol. The van der Waals surface area contributed by atoms with Crippen molar-refractivity contribution in [1.29, 1.82) is 0 Å². The minimum atomic E-state index is -0.647. The molecule has 0 unspecified atom stereocenters. The molecule has 0 radical (unpaired) electrons. The van der Waals surface area contributed by atoms with Crippen molar-refractivity contribution in [2.75, 3.05) is 36.4 Å². The van der Waals surface area contributed by atoms with Gasteiger partial charge in [-0.1, -0.05) is 0 Å². The minimum Gasteiger partial charge on any atom is -0.357 e. The van der Waals surface area contributed by atoms with E-state index in [2.05, 4.69) is 39.5 Å². The maximum Gasteiger partial charge on any atom is 0.252 e. The lowest BCUT2D eigenvalue weighted by molar-refractivity contribution is -0.126. The number of nitrogens with one attached hydrogen (secondary N) is 2. The van der Waals surface area contributed by atoms with Gasteiger partial charge in [-0.25, -0.2) is 4.98 Å². The molecule has 2 N–H and O–H groups in total. The third-order valence-corrected chi connectivity index (χ3v) is 4.89. The van der Waals surface area contributed by atoms with E-state index in [1.54, 1.807) is 17.1 Å². The second-order valence-corrected chi connectivity index (χ2v) is 6.26. The van der Waals surface area contributed by atoms with Crippen LogP contribution >= 0.6 is 0 Å². The van der Waals surface area contributed by atoms with Crippen LogP contribution in [0, 0.1) is 0 Å². The zero-order valence-electron chi connectivity index (χ0n) is 14.9. The van der Waals surface area contributed by atoms with Gasteiger partial charge in [0.2, 0.25) is 0 Å². The highest BCUT2D eigenvalue weighted by Crippen LogP contribution is 2.28. The first kappa shape index (κ1) is 17.4. The number of carbonyl (C=O) groups excluding carboxylic acids is 1. The fourth-order valence-corrected chi connectivity index (χ4v) is 3.36. The zero-order valence-corrected chi connectivity index (χ0v) is 14.9. The number of hydrogen-bond acceptors (Lipinski definition) is 5. The molecule has 2 aromatic heterocycles. The Morgan fingerprint density at radius 2 is 2.08 bits per heavy atom. The van der Waals surface area contributed by atoms with E-state index in [4.69, 9.17) is 0 Å². The van der Waals surface area contributed by atoms with Gasteiger partial charge in [-0.15, -0.1) is 0 Å². The first-order chi connectivity index (χ1) is 12.2. The summed E-state index contributed by atoms with van der Waals surface area (Å²) in [6.07, 6.45) is 6.74. The second-order valence-electron chi connectivity index (χ2n) is 6.26. The van der Waals surface area contributed by atoms with E-state index in [1.807, 2.05) is 24.4 Å². The molecule has 0 spiro atoms. The molecule has 1 aliphatic rings. The van der Waals surface area contributed by atoms with E-state index < -0.39 is 5.54 Å². The first-order valence-electron chi connectivity index (χ1n) is 8.93. The number of piperidine rings is 1. The molecular weight excluding hydrogens is 316 g/mol. The number of carbonyl (C=O) groups is 1. The zero-order chi connectivity index (χ0) is 17.7. The van der Waals surface area contributed by atoms with E-state index in [-0.39, 0.29) is 5.91 Å². The fourth-order valence-electron chi connectivity index (χ4n) is 3.36. The van der Waals surface area contributed by atoms with Gasteiger partial charge in [-0.3, -0.25) is 9.48 Å². The third kappa shape index (κ3) is 3.51. The lowest BCUT2D eigenvalue weighted by atomic mass is 9.87. The van der Waals surface area contributed by atoms with Crippen molar-refractivity contribution in [3.63, 3.8) is 0 Å². The summed E-state index contributed by atoms with van der Waals surface area (Å²) >= 11 is 0. The topological polar surface area (TPSA) is 75.1 Å². The summed E-state index contributed by atoms with van der Waals surface area (Å²) in [7, 11) is 0. The van der Waals surface area contributed by atoms with E-state index in [9.17, 15) is 4.79 Å². The van der Waals surface area contributed by atoms with Gasteiger partial charge >= 0.3 is 0 Å². The molecule has 7 heteroatoms. The van der Waals surface area contributed by atoms with Crippen molar-refractivity contribution in [2.45, 2.75) is 32.2 Å². The van der Waals surface area contributed by atoms with Crippen molar-refractivity contribution < 1.29 is 4.79 Å². The third-order valence-electron chi connectivity index (χ3n) is 4.89. The van der Waals surface area contributed by atoms with Crippen molar-refractivity contribution in [3.05, 3.63) is 36.8 Å². The molecule has 134 valence electrons. The number of aromatic nitrogens is 3. The number of anilines is 2. The Labute approximate surface area is 148 Å². The number of rotatable bonds is 6. The van der Waals surface area contributed by atoms with Crippen LogP contribution in [0.15, 0.2) is 36.8 Å². The summed E-state index contributed by atoms with van der Waals surface area (Å²) in [5, 5.41) is 10.7. The van der Waals surface area contributed by atoms with E-state index in [0.29, 0.717) is 18.5 Å². The molecule has 3 rings (SSSR count). The van der Waals surface area contributed by atoms with Crippen LogP contribution in [0.2, 0.25) is 0 Å². The van der Waals surface area contributed by atoms with Gasteiger partial charge in [-0.05, 0) is 58.0 Å². The van der Waals surface area contributed by atoms with Crippen LogP contribution in [0.5, 0.6) is 0 Å². The Hall–Kier alpha value is -2.41. The molecule has 0 bridgehead atoms. The van der Waals surface area contributed by atoms with Gasteiger partial charge < -0.3 is 15.5 Å². The van der Waals surface area contributed by atoms with Crippen LogP contribution in [0.1, 0.15) is 26.7 Å². The Balaban J connectivity index is 1.78. The molecule has 0 aliphatic carbocycles. The minimum absolute atomic E-state index is 0.0323. The maximum atomic E-state index is 13.1. The molecule has 0 aromatic carbocycles. The molecular formula is C18H26N6O. The maximum absolute atomic E-state index is 13.1. The Morgan fingerprint density at radius 1 is 1.32 bits per heavy atom. The van der Waals surface area contributed by atoms with Gasteiger partial charge in [0.05, 0.1) is 11.9 Å². The molecule has 3 heterocycles. The Bertz CT molecular complexity index is 672. The standard InChI is InChI=1S/C18H26N6O/c1-3-23(4-2)16-7-6-15(14-20-16)22-17(25)18(8-11-19-12-9-18)24-13-5-10-21-24/h5-7,10,13-14,19H,3-4,8-9,11-12H2,1-2H3,(H,22,25). The van der Waals surface area contributed by atoms with Crippen LogP contribution in [0.4, 0.5) is 11.5 Å². The lowest BCUT2D eigenvalue weighted by Gasteiger charge is -2.36. The summed E-state index contributed by atoms with van der Waals surface area (Å²) in [5.74, 6) is 0.891. The molecule has 0 atom stereocenters. The predicted octanol–water partition coefficient (Wildman–Crippen LogP) is 1.84. The van der Waals surface area contributed by atoms with Crippen molar-refractivity contribution >= 4 is 17.4 Å². The van der Waals surface area contributed by atoms with Gasteiger partial charge in [-0.2, -0.15) is 5.10 Å². The van der Waals surface area contributed by atoms with E-state index in [1.165, 1.54) is 0 Å². The highest BCUT2D eigenvalue weighted by Gasteiger charge is 2.42. The molecule has 1 fully saturated rings. The van der Waals surface area contributed by atoms with Crippen LogP contribution < -0.4 is 15.5 Å². The van der Waals surface area contributed by atoms with E-state index in [0.717, 1.165) is 32.0 Å². The van der Waals surface area contributed by atoms with Crippen LogP contribution in [-0.2, 0) is 10.3 Å². The van der Waals surface area contributed by atoms with Gasteiger partial charge in [0.1, 0.15) is 11.4 Å². The highest BCUT2D eigenvalue weighted by molar-refractivity contribution is 5.96. The first-order valence-corrected chi connectivity index (χ1v) is 8.93. The van der Waals surface area contributed by atoms with Crippen LogP contribution in [-0.4, -0.2) is 46.9 Å². The molecule has 25 heavy (non-hydrogen) atoms. The molecule has 1 amide bonds. The van der Waals surface area contributed by atoms with Gasteiger partial charge in [0, 0.05) is 25.5 Å².